The van der Waals surface area contributed by atoms with Crippen LogP contribution in [0.5, 0.6) is 0 Å². The van der Waals surface area contributed by atoms with Crippen molar-refractivity contribution < 1.29 is 9.21 Å². The molecule has 2 aromatic heterocycles. The Balaban J connectivity index is 1.48. The topological polar surface area (TPSA) is 54.5 Å². The van der Waals surface area contributed by atoms with Crippen LogP contribution in [-0.4, -0.2) is 40.2 Å². The summed E-state index contributed by atoms with van der Waals surface area (Å²) < 4.78 is 7.16. The highest BCUT2D eigenvalue weighted by Gasteiger charge is 2.51. The Bertz CT molecular complexity index is 678. The maximum absolute atomic E-state index is 12.9. The van der Waals surface area contributed by atoms with Crippen LogP contribution >= 0.6 is 0 Å². The fourth-order valence-corrected chi connectivity index (χ4v) is 3.71. The summed E-state index contributed by atoms with van der Waals surface area (Å²) in [5.41, 5.74) is 0.691. The Morgan fingerprint density at radius 1 is 1.36 bits per heavy atom. The van der Waals surface area contributed by atoms with E-state index in [0.29, 0.717) is 0 Å². The van der Waals surface area contributed by atoms with E-state index in [1.165, 1.54) is 0 Å². The number of rotatable bonds is 3. The molecular formula is C16H20N4O2. The van der Waals surface area contributed by atoms with Crippen molar-refractivity contribution in [1.29, 1.82) is 0 Å². The number of aryl methyl sites for hydroxylation is 1. The predicted octanol–water partition coefficient (Wildman–Crippen LogP) is 1.64. The minimum Gasteiger partial charge on any atom is -0.468 e. The molecule has 1 spiro atoms. The second-order valence-electron chi connectivity index (χ2n) is 6.40. The van der Waals surface area contributed by atoms with Crippen molar-refractivity contribution in [3.8, 4) is 0 Å². The number of anilines is 1. The predicted molar refractivity (Wildman–Crippen MR) is 81.2 cm³/mol. The maximum atomic E-state index is 12.9. The van der Waals surface area contributed by atoms with Crippen molar-refractivity contribution in [2.24, 2.45) is 12.5 Å². The van der Waals surface area contributed by atoms with Crippen LogP contribution in [0.25, 0.3) is 0 Å². The molecule has 2 fully saturated rings. The first-order valence-corrected chi connectivity index (χ1v) is 7.72. The average molecular weight is 300 g/mol. The monoisotopic (exact) mass is 300 g/mol. The molecule has 0 aromatic carbocycles. The van der Waals surface area contributed by atoms with Crippen LogP contribution in [0.4, 0.5) is 5.69 Å². The van der Waals surface area contributed by atoms with Gasteiger partial charge in [-0.3, -0.25) is 14.4 Å². The fourth-order valence-electron chi connectivity index (χ4n) is 3.71. The Morgan fingerprint density at radius 3 is 2.95 bits per heavy atom. The van der Waals surface area contributed by atoms with Gasteiger partial charge in [0.1, 0.15) is 5.76 Å². The van der Waals surface area contributed by atoms with Gasteiger partial charge < -0.3 is 9.32 Å². The summed E-state index contributed by atoms with van der Waals surface area (Å²) in [6.45, 7) is 3.35. The molecule has 0 bridgehead atoms. The molecule has 0 saturated carbocycles. The van der Waals surface area contributed by atoms with E-state index in [-0.39, 0.29) is 11.3 Å². The second kappa shape index (κ2) is 4.98. The quantitative estimate of drug-likeness (QED) is 0.865. The molecule has 4 rings (SSSR count). The SMILES string of the molecule is Cn1cc(N2CC[C@@]3(CCN(Cc4ccco4)C3)C2=O)cn1. The largest absolute Gasteiger partial charge is 0.468 e. The molecule has 0 N–H and O–H groups in total. The van der Waals surface area contributed by atoms with Gasteiger partial charge in [-0.05, 0) is 31.5 Å². The highest BCUT2D eigenvalue weighted by atomic mass is 16.3. The molecule has 0 aliphatic carbocycles. The van der Waals surface area contributed by atoms with Gasteiger partial charge in [-0.2, -0.15) is 5.10 Å². The van der Waals surface area contributed by atoms with Crippen LogP contribution in [0, 0.1) is 5.41 Å². The van der Waals surface area contributed by atoms with Gasteiger partial charge in [0.15, 0.2) is 0 Å². The van der Waals surface area contributed by atoms with E-state index in [4.69, 9.17) is 4.42 Å². The molecule has 0 radical (unpaired) electrons. The lowest BCUT2D eigenvalue weighted by Crippen LogP contribution is -2.36. The van der Waals surface area contributed by atoms with Gasteiger partial charge in [-0.25, -0.2) is 0 Å². The number of amides is 1. The minimum absolute atomic E-state index is 0.220. The Hall–Kier alpha value is -2.08. The van der Waals surface area contributed by atoms with Gasteiger partial charge in [0.25, 0.3) is 0 Å². The molecule has 6 nitrogen and oxygen atoms in total. The summed E-state index contributed by atoms with van der Waals surface area (Å²) >= 11 is 0. The van der Waals surface area contributed by atoms with Crippen molar-refractivity contribution in [2.45, 2.75) is 19.4 Å². The van der Waals surface area contributed by atoms with E-state index >= 15 is 0 Å². The highest BCUT2D eigenvalue weighted by molar-refractivity contribution is 6.00. The molecule has 6 heteroatoms. The van der Waals surface area contributed by atoms with Gasteiger partial charge in [-0.15, -0.1) is 0 Å². The summed E-state index contributed by atoms with van der Waals surface area (Å²) in [5, 5.41) is 4.18. The van der Waals surface area contributed by atoms with Crippen LogP contribution in [0.2, 0.25) is 0 Å². The second-order valence-corrected chi connectivity index (χ2v) is 6.40. The van der Waals surface area contributed by atoms with Gasteiger partial charge >= 0.3 is 0 Å². The lowest BCUT2D eigenvalue weighted by molar-refractivity contribution is -0.125. The molecule has 1 amide bonds. The summed E-state index contributed by atoms with van der Waals surface area (Å²) in [6.07, 6.45) is 7.24. The highest BCUT2D eigenvalue weighted by Crippen LogP contribution is 2.42. The van der Waals surface area contributed by atoms with E-state index in [2.05, 4.69) is 10.00 Å². The van der Waals surface area contributed by atoms with Gasteiger partial charge in [0.05, 0.1) is 30.1 Å². The van der Waals surface area contributed by atoms with E-state index in [1.54, 1.807) is 17.1 Å². The van der Waals surface area contributed by atoms with Crippen molar-refractivity contribution in [3.63, 3.8) is 0 Å². The summed E-state index contributed by atoms with van der Waals surface area (Å²) in [5.74, 6) is 1.22. The average Bonchev–Trinajstić information content (AvgIpc) is 3.25. The number of hydrogen-bond donors (Lipinski definition) is 0. The zero-order valence-electron chi connectivity index (χ0n) is 12.7. The molecule has 4 heterocycles. The van der Waals surface area contributed by atoms with E-state index in [9.17, 15) is 4.79 Å². The minimum atomic E-state index is -0.220. The Morgan fingerprint density at radius 2 is 2.23 bits per heavy atom. The first kappa shape index (κ1) is 13.6. The molecule has 2 aliphatic heterocycles. The summed E-state index contributed by atoms with van der Waals surface area (Å²) in [4.78, 5) is 17.1. The third-order valence-corrected chi connectivity index (χ3v) is 4.91. The number of aromatic nitrogens is 2. The van der Waals surface area contributed by atoms with Crippen molar-refractivity contribution >= 4 is 11.6 Å². The smallest absolute Gasteiger partial charge is 0.234 e. The normalized spacial score (nSPS) is 25.7. The molecule has 116 valence electrons. The van der Waals surface area contributed by atoms with E-state index in [1.807, 2.05) is 30.3 Å². The third kappa shape index (κ3) is 2.14. The molecule has 0 unspecified atom stereocenters. The number of furan rings is 1. The van der Waals surface area contributed by atoms with E-state index < -0.39 is 0 Å². The molecular weight excluding hydrogens is 280 g/mol. The van der Waals surface area contributed by atoms with Crippen LogP contribution in [-0.2, 0) is 18.4 Å². The molecule has 2 aliphatic rings. The summed E-state index contributed by atoms with van der Waals surface area (Å²) in [7, 11) is 1.88. The lowest BCUT2D eigenvalue weighted by Gasteiger charge is -2.22. The van der Waals surface area contributed by atoms with Crippen LogP contribution in [0.1, 0.15) is 18.6 Å². The van der Waals surface area contributed by atoms with Crippen LogP contribution < -0.4 is 4.90 Å². The molecule has 2 aromatic rings. The van der Waals surface area contributed by atoms with E-state index in [0.717, 1.165) is 50.5 Å². The van der Waals surface area contributed by atoms with Crippen LogP contribution in [0.15, 0.2) is 35.2 Å². The lowest BCUT2D eigenvalue weighted by atomic mass is 9.85. The molecule has 22 heavy (non-hydrogen) atoms. The van der Waals surface area contributed by atoms with Crippen molar-refractivity contribution in [1.82, 2.24) is 14.7 Å². The van der Waals surface area contributed by atoms with Crippen molar-refractivity contribution in [3.05, 3.63) is 36.5 Å². The number of carbonyl (C=O) groups excluding carboxylic acids is 1. The number of nitrogens with zero attached hydrogens (tertiary/aromatic N) is 4. The number of hydrogen-bond acceptors (Lipinski definition) is 4. The molecule has 1 atom stereocenters. The Labute approximate surface area is 129 Å². The maximum Gasteiger partial charge on any atom is 0.234 e. The first-order chi connectivity index (χ1) is 10.7. The zero-order valence-corrected chi connectivity index (χ0v) is 12.7. The standard InChI is InChI=1S/C16H20N4O2/c1-18-10-13(9-17-18)20-7-5-16(15(20)21)4-6-19(12-16)11-14-3-2-8-22-14/h2-3,8-10H,4-7,11-12H2,1H3/t16-/m1/s1. The number of likely N-dealkylation sites (tertiary alicyclic amines) is 1. The number of carbonyl (C=O) groups is 1. The molecule has 2 saturated heterocycles. The van der Waals surface area contributed by atoms with Crippen molar-refractivity contribution in [2.75, 3.05) is 24.5 Å². The Kier molecular flexibility index (Phi) is 3.07. The van der Waals surface area contributed by atoms with Gasteiger partial charge in [-0.1, -0.05) is 0 Å². The fraction of sp³-hybridized carbons (Fsp3) is 0.500. The third-order valence-electron chi connectivity index (χ3n) is 4.91. The summed E-state index contributed by atoms with van der Waals surface area (Å²) in [6, 6.07) is 3.90. The zero-order chi connectivity index (χ0) is 15.2. The van der Waals surface area contributed by atoms with Gasteiger partial charge in [0, 0.05) is 26.3 Å². The van der Waals surface area contributed by atoms with Crippen LogP contribution in [0.3, 0.4) is 0 Å². The van der Waals surface area contributed by atoms with Gasteiger partial charge in [0.2, 0.25) is 5.91 Å². The first-order valence-electron chi connectivity index (χ1n) is 7.72.